The number of aryl methyl sites for hydroxylation is 2. The van der Waals surface area contributed by atoms with Crippen molar-refractivity contribution >= 4 is 27.4 Å². The molecule has 0 saturated carbocycles. The SMILES string of the molecule is COCCOCCN(CCO)c1ncnc2sc3c(c12)CCCC3. The van der Waals surface area contributed by atoms with E-state index < -0.39 is 0 Å². The zero-order valence-electron chi connectivity index (χ0n) is 14.2. The molecule has 2 heterocycles. The molecule has 0 unspecified atom stereocenters. The number of ether oxygens (including phenoxy) is 2. The standard InChI is InChI=1S/C17H25N3O3S/c1-22-10-11-23-9-7-20(6-8-21)16-15-13-4-2-3-5-14(13)24-17(15)19-12-18-16/h12,21H,2-11H2,1H3. The summed E-state index contributed by atoms with van der Waals surface area (Å²) in [4.78, 5) is 13.7. The minimum atomic E-state index is 0.0931. The fourth-order valence-corrected chi connectivity index (χ4v) is 4.40. The number of nitrogens with zero attached hydrogens (tertiary/aromatic N) is 3. The minimum absolute atomic E-state index is 0.0931. The second-order valence-electron chi connectivity index (χ2n) is 5.90. The molecule has 1 aliphatic rings. The van der Waals surface area contributed by atoms with Crippen LogP contribution < -0.4 is 4.90 Å². The van der Waals surface area contributed by atoms with Crippen LogP contribution >= 0.6 is 11.3 Å². The van der Waals surface area contributed by atoms with Crippen LogP contribution in [0.1, 0.15) is 23.3 Å². The van der Waals surface area contributed by atoms with E-state index in [1.807, 2.05) is 0 Å². The van der Waals surface area contributed by atoms with Crippen molar-refractivity contribution < 1.29 is 14.6 Å². The van der Waals surface area contributed by atoms with E-state index in [0.717, 1.165) is 23.5 Å². The van der Waals surface area contributed by atoms with Crippen molar-refractivity contribution in [2.45, 2.75) is 25.7 Å². The van der Waals surface area contributed by atoms with Gasteiger partial charge >= 0.3 is 0 Å². The molecule has 0 aliphatic heterocycles. The molecule has 2 aromatic heterocycles. The summed E-state index contributed by atoms with van der Waals surface area (Å²) in [5.41, 5.74) is 1.42. The maximum atomic E-state index is 9.46. The summed E-state index contributed by atoms with van der Waals surface area (Å²) in [5.74, 6) is 0.934. The van der Waals surface area contributed by atoms with E-state index in [1.54, 1.807) is 24.8 Å². The predicted molar refractivity (Wildman–Crippen MR) is 96.1 cm³/mol. The molecular weight excluding hydrogens is 326 g/mol. The highest BCUT2D eigenvalue weighted by Crippen LogP contribution is 2.39. The van der Waals surface area contributed by atoms with Crippen LogP contribution in [0.25, 0.3) is 10.2 Å². The summed E-state index contributed by atoms with van der Waals surface area (Å²) in [6.07, 6.45) is 6.38. The van der Waals surface area contributed by atoms with Crippen molar-refractivity contribution in [3.63, 3.8) is 0 Å². The summed E-state index contributed by atoms with van der Waals surface area (Å²) in [5, 5.41) is 10.6. The van der Waals surface area contributed by atoms with Gasteiger partial charge in [-0.25, -0.2) is 9.97 Å². The molecule has 6 nitrogen and oxygen atoms in total. The molecule has 0 bridgehead atoms. The van der Waals surface area contributed by atoms with Crippen LogP contribution in [0.3, 0.4) is 0 Å². The first-order valence-electron chi connectivity index (χ1n) is 8.53. The number of aliphatic hydroxyl groups is 1. The number of anilines is 1. The summed E-state index contributed by atoms with van der Waals surface area (Å²) < 4.78 is 10.6. The average molecular weight is 351 g/mol. The van der Waals surface area contributed by atoms with Crippen LogP contribution in [0.5, 0.6) is 0 Å². The lowest BCUT2D eigenvalue weighted by atomic mass is 9.97. The van der Waals surface area contributed by atoms with Gasteiger partial charge in [0.2, 0.25) is 0 Å². The highest BCUT2D eigenvalue weighted by Gasteiger charge is 2.22. The van der Waals surface area contributed by atoms with Gasteiger partial charge in [0.1, 0.15) is 17.0 Å². The second kappa shape index (κ2) is 8.71. The molecule has 24 heavy (non-hydrogen) atoms. The Hall–Kier alpha value is -1.28. The largest absolute Gasteiger partial charge is 0.395 e. The molecule has 2 aromatic rings. The highest BCUT2D eigenvalue weighted by atomic mass is 32.1. The topological polar surface area (TPSA) is 67.7 Å². The molecule has 0 fully saturated rings. The zero-order chi connectivity index (χ0) is 16.8. The van der Waals surface area contributed by atoms with E-state index in [4.69, 9.17) is 9.47 Å². The van der Waals surface area contributed by atoms with Gasteiger partial charge in [-0.15, -0.1) is 11.3 Å². The van der Waals surface area contributed by atoms with Gasteiger partial charge in [-0.05, 0) is 31.2 Å². The number of thiophene rings is 1. The van der Waals surface area contributed by atoms with Crippen molar-refractivity contribution in [1.82, 2.24) is 9.97 Å². The number of aromatic nitrogens is 2. The molecule has 1 N–H and O–H groups in total. The number of hydrogen-bond acceptors (Lipinski definition) is 7. The Bertz CT molecular complexity index is 662. The third-order valence-corrected chi connectivity index (χ3v) is 5.54. The van der Waals surface area contributed by atoms with Gasteiger partial charge in [0, 0.05) is 25.1 Å². The molecule has 0 aromatic carbocycles. The summed E-state index contributed by atoms with van der Waals surface area (Å²) in [6, 6.07) is 0. The molecule has 7 heteroatoms. The average Bonchev–Trinajstić information content (AvgIpc) is 2.99. The number of hydrogen-bond donors (Lipinski definition) is 1. The van der Waals surface area contributed by atoms with E-state index >= 15 is 0 Å². The van der Waals surface area contributed by atoms with Gasteiger partial charge in [0.05, 0.1) is 31.8 Å². The first-order chi connectivity index (χ1) is 11.8. The van der Waals surface area contributed by atoms with Gasteiger partial charge < -0.3 is 19.5 Å². The summed E-state index contributed by atoms with van der Waals surface area (Å²) in [7, 11) is 1.67. The molecule has 0 spiro atoms. The lowest BCUT2D eigenvalue weighted by Gasteiger charge is -2.24. The van der Waals surface area contributed by atoms with E-state index in [0.29, 0.717) is 32.9 Å². The number of methoxy groups -OCH3 is 1. The van der Waals surface area contributed by atoms with Crippen LogP contribution in [0, 0.1) is 0 Å². The molecule has 3 rings (SSSR count). The molecule has 1 aliphatic carbocycles. The Morgan fingerprint density at radius 1 is 1.17 bits per heavy atom. The Balaban J connectivity index is 1.82. The summed E-state index contributed by atoms with van der Waals surface area (Å²) >= 11 is 1.80. The van der Waals surface area contributed by atoms with E-state index in [9.17, 15) is 5.11 Å². The number of aliphatic hydroxyl groups excluding tert-OH is 1. The van der Waals surface area contributed by atoms with Gasteiger partial charge in [-0.3, -0.25) is 0 Å². The Labute approximate surface area is 146 Å². The fourth-order valence-electron chi connectivity index (χ4n) is 3.18. The lowest BCUT2D eigenvalue weighted by molar-refractivity contribution is 0.0737. The van der Waals surface area contributed by atoms with Crippen LogP contribution in [0.4, 0.5) is 5.82 Å². The highest BCUT2D eigenvalue weighted by molar-refractivity contribution is 7.19. The Morgan fingerprint density at radius 3 is 2.88 bits per heavy atom. The third-order valence-electron chi connectivity index (χ3n) is 4.34. The van der Waals surface area contributed by atoms with Gasteiger partial charge in [0.15, 0.2) is 0 Å². The van der Waals surface area contributed by atoms with E-state index in [1.165, 1.54) is 28.7 Å². The van der Waals surface area contributed by atoms with Crippen LogP contribution in [0.2, 0.25) is 0 Å². The molecule has 0 radical (unpaired) electrons. The van der Waals surface area contributed by atoms with Crippen molar-refractivity contribution in [2.24, 2.45) is 0 Å². The molecule has 0 atom stereocenters. The van der Waals surface area contributed by atoms with Crippen molar-refractivity contribution in [3.8, 4) is 0 Å². The first-order valence-corrected chi connectivity index (χ1v) is 9.34. The Morgan fingerprint density at radius 2 is 2.04 bits per heavy atom. The fraction of sp³-hybridized carbons (Fsp3) is 0.647. The van der Waals surface area contributed by atoms with Crippen molar-refractivity contribution in [3.05, 3.63) is 16.8 Å². The smallest absolute Gasteiger partial charge is 0.141 e. The quantitative estimate of drug-likeness (QED) is 0.697. The van der Waals surface area contributed by atoms with Gasteiger partial charge in [0.25, 0.3) is 0 Å². The molecule has 132 valence electrons. The number of fused-ring (bicyclic) bond motifs is 3. The molecular formula is C17H25N3O3S. The zero-order valence-corrected chi connectivity index (χ0v) is 15.0. The molecule has 0 amide bonds. The predicted octanol–water partition coefficient (Wildman–Crippen LogP) is 2.03. The van der Waals surface area contributed by atoms with Gasteiger partial charge in [-0.2, -0.15) is 0 Å². The monoisotopic (exact) mass is 351 g/mol. The van der Waals surface area contributed by atoms with Crippen LogP contribution in [0.15, 0.2) is 6.33 Å². The maximum absolute atomic E-state index is 9.46. The van der Waals surface area contributed by atoms with Crippen molar-refractivity contribution in [2.75, 3.05) is 51.5 Å². The first kappa shape index (κ1) is 17.5. The van der Waals surface area contributed by atoms with Crippen LogP contribution in [-0.2, 0) is 22.3 Å². The van der Waals surface area contributed by atoms with Gasteiger partial charge in [-0.1, -0.05) is 0 Å². The van der Waals surface area contributed by atoms with E-state index in [2.05, 4.69) is 14.9 Å². The second-order valence-corrected chi connectivity index (χ2v) is 6.99. The van der Waals surface area contributed by atoms with E-state index in [-0.39, 0.29) is 6.61 Å². The molecule has 0 saturated heterocycles. The van der Waals surface area contributed by atoms with Crippen LogP contribution in [-0.4, -0.2) is 61.7 Å². The Kier molecular flexibility index (Phi) is 6.37. The number of rotatable bonds is 9. The maximum Gasteiger partial charge on any atom is 0.141 e. The normalized spacial score (nSPS) is 14.1. The van der Waals surface area contributed by atoms with Crippen molar-refractivity contribution in [1.29, 1.82) is 0 Å². The lowest BCUT2D eigenvalue weighted by Crippen LogP contribution is -2.31. The third kappa shape index (κ3) is 3.85. The minimum Gasteiger partial charge on any atom is -0.395 e. The summed E-state index contributed by atoms with van der Waals surface area (Å²) in [6.45, 7) is 3.09.